The van der Waals surface area contributed by atoms with E-state index >= 15 is 0 Å². The number of halogens is 3. The number of methoxy groups -OCH3 is 1. The smallest absolute Gasteiger partial charge is 0.329 e. The summed E-state index contributed by atoms with van der Waals surface area (Å²) >= 11 is 0. The maximum atomic E-state index is 13.6. The molecule has 0 aliphatic carbocycles. The Hall–Kier alpha value is -1.56. The summed E-state index contributed by atoms with van der Waals surface area (Å²) in [5.41, 5.74) is 4.09. The quantitative estimate of drug-likeness (QED) is 0.803. The topological polar surface area (TPSA) is 52.3 Å². The summed E-state index contributed by atoms with van der Waals surface area (Å²) in [4.78, 5) is 10.9. The minimum absolute atomic E-state index is 0.868. The predicted octanol–water partition coefficient (Wildman–Crippen LogP) is 1.42. The van der Waals surface area contributed by atoms with Gasteiger partial charge in [0.05, 0.1) is 12.7 Å². The van der Waals surface area contributed by atoms with Crippen LogP contribution in [-0.2, 0) is 15.5 Å². The van der Waals surface area contributed by atoms with E-state index in [-0.39, 0.29) is 0 Å². The molecule has 88 valence electrons. The second kappa shape index (κ2) is 4.52. The van der Waals surface area contributed by atoms with E-state index in [9.17, 15) is 18.0 Å². The van der Waals surface area contributed by atoms with Crippen LogP contribution in [0.15, 0.2) is 24.3 Å². The molecule has 0 fully saturated rings. The number of benzene rings is 1. The summed E-state index contributed by atoms with van der Waals surface area (Å²) < 4.78 is 44.4. The summed E-state index contributed by atoms with van der Waals surface area (Å²) in [6.07, 6.45) is 0. The van der Waals surface area contributed by atoms with Gasteiger partial charge in [-0.2, -0.15) is 8.78 Å². The first-order valence-corrected chi connectivity index (χ1v) is 4.37. The van der Waals surface area contributed by atoms with Crippen molar-refractivity contribution in [1.82, 2.24) is 0 Å². The molecule has 0 amide bonds. The van der Waals surface area contributed by atoms with Crippen LogP contribution in [0.25, 0.3) is 0 Å². The van der Waals surface area contributed by atoms with Gasteiger partial charge >= 0.3 is 11.9 Å². The van der Waals surface area contributed by atoms with Crippen LogP contribution in [0, 0.1) is 5.82 Å². The molecule has 1 aromatic carbocycles. The predicted molar refractivity (Wildman–Crippen MR) is 50.3 cm³/mol. The zero-order chi connectivity index (χ0) is 12.3. The fourth-order valence-electron chi connectivity index (χ4n) is 1.17. The van der Waals surface area contributed by atoms with Crippen LogP contribution < -0.4 is 5.73 Å². The van der Waals surface area contributed by atoms with Crippen molar-refractivity contribution < 1.29 is 22.7 Å². The highest BCUT2D eigenvalue weighted by Crippen LogP contribution is 2.32. The Balaban J connectivity index is 3.11. The van der Waals surface area contributed by atoms with Gasteiger partial charge in [-0.25, -0.2) is 4.39 Å². The first-order valence-electron chi connectivity index (χ1n) is 4.37. The molecule has 1 atom stereocenters. The number of alkyl halides is 2. The van der Waals surface area contributed by atoms with Gasteiger partial charge in [0.1, 0.15) is 5.82 Å². The molecule has 0 radical (unpaired) electrons. The van der Waals surface area contributed by atoms with Crippen molar-refractivity contribution in [1.29, 1.82) is 0 Å². The Morgan fingerprint density at radius 3 is 2.50 bits per heavy atom. The molecule has 0 aliphatic rings. The molecule has 16 heavy (non-hydrogen) atoms. The number of ether oxygens (including phenoxy) is 1. The molecule has 3 nitrogen and oxygen atoms in total. The average molecular weight is 233 g/mol. The molecule has 0 aromatic heterocycles. The second-order valence-electron chi connectivity index (χ2n) is 3.10. The summed E-state index contributed by atoms with van der Waals surface area (Å²) in [5.74, 6) is -6.22. The van der Waals surface area contributed by atoms with Gasteiger partial charge in [-0.1, -0.05) is 18.2 Å². The monoisotopic (exact) mass is 233 g/mol. The molecule has 0 spiro atoms. The van der Waals surface area contributed by atoms with Gasteiger partial charge in [0.25, 0.3) is 0 Å². The van der Waals surface area contributed by atoms with Crippen LogP contribution in [0.1, 0.15) is 5.56 Å². The highest BCUT2D eigenvalue weighted by Gasteiger charge is 2.46. The van der Waals surface area contributed by atoms with Crippen LogP contribution in [0.2, 0.25) is 0 Å². The maximum Gasteiger partial charge on any atom is 0.329 e. The van der Waals surface area contributed by atoms with E-state index in [2.05, 4.69) is 4.74 Å². The van der Waals surface area contributed by atoms with E-state index in [1.165, 1.54) is 12.1 Å². The van der Waals surface area contributed by atoms with Crippen molar-refractivity contribution >= 4 is 5.97 Å². The zero-order valence-corrected chi connectivity index (χ0v) is 8.41. The van der Waals surface area contributed by atoms with E-state index in [0.717, 1.165) is 19.2 Å². The van der Waals surface area contributed by atoms with Gasteiger partial charge in [0, 0.05) is 0 Å². The molecule has 1 unspecified atom stereocenters. The lowest BCUT2D eigenvalue weighted by atomic mass is 10.0. The van der Waals surface area contributed by atoms with Crippen molar-refractivity contribution in [3.05, 3.63) is 35.6 Å². The number of esters is 1. The standard InChI is InChI=1S/C10H10F3NO2/c1-16-9(15)8(14)10(12,13)6-4-2-3-5-7(6)11/h2-5,8H,14H2,1H3. The summed E-state index contributed by atoms with van der Waals surface area (Å²) in [5, 5.41) is 0. The number of hydrogen-bond donors (Lipinski definition) is 1. The Kier molecular flexibility index (Phi) is 3.54. The van der Waals surface area contributed by atoms with Crippen molar-refractivity contribution in [3.63, 3.8) is 0 Å². The summed E-state index contributed by atoms with van der Waals surface area (Å²) in [6.45, 7) is 0. The number of nitrogens with two attached hydrogens (primary N) is 1. The van der Waals surface area contributed by atoms with E-state index < -0.39 is 29.3 Å². The third kappa shape index (κ3) is 2.16. The molecule has 0 saturated carbocycles. The lowest BCUT2D eigenvalue weighted by molar-refractivity contribution is -0.153. The van der Waals surface area contributed by atoms with Crippen LogP contribution in [0.4, 0.5) is 13.2 Å². The highest BCUT2D eigenvalue weighted by atomic mass is 19.3. The Morgan fingerprint density at radius 1 is 1.44 bits per heavy atom. The van der Waals surface area contributed by atoms with E-state index in [4.69, 9.17) is 5.73 Å². The van der Waals surface area contributed by atoms with E-state index in [1.54, 1.807) is 0 Å². The van der Waals surface area contributed by atoms with Gasteiger partial charge in [0.2, 0.25) is 0 Å². The van der Waals surface area contributed by atoms with Crippen LogP contribution in [-0.4, -0.2) is 19.1 Å². The Labute approximate surface area is 90.0 Å². The zero-order valence-electron chi connectivity index (χ0n) is 8.41. The highest BCUT2D eigenvalue weighted by molar-refractivity contribution is 5.77. The van der Waals surface area contributed by atoms with E-state index in [1.807, 2.05) is 0 Å². The van der Waals surface area contributed by atoms with Crippen molar-refractivity contribution in [3.8, 4) is 0 Å². The summed E-state index contributed by atoms with van der Waals surface area (Å²) in [6, 6.07) is 2.01. The average Bonchev–Trinajstić information content (AvgIpc) is 2.27. The van der Waals surface area contributed by atoms with Gasteiger partial charge in [-0.15, -0.1) is 0 Å². The van der Waals surface area contributed by atoms with Crippen LogP contribution in [0.3, 0.4) is 0 Å². The lowest BCUT2D eigenvalue weighted by Crippen LogP contribution is -2.46. The second-order valence-corrected chi connectivity index (χ2v) is 3.10. The third-order valence-electron chi connectivity index (χ3n) is 2.08. The molecular formula is C10H10F3NO2. The molecule has 0 aliphatic heterocycles. The molecule has 0 saturated heterocycles. The molecule has 1 aromatic rings. The van der Waals surface area contributed by atoms with Gasteiger partial charge < -0.3 is 10.5 Å². The first kappa shape index (κ1) is 12.5. The van der Waals surface area contributed by atoms with Gasteiger partial charge in [-0.05, 0) is 6.07 Å². The largest absolute Gasteiger partial charge is 0.468 e. The minimum atomic E-state index is -3.81. The van der Waals surface area contributed by atoms with Crippen molar-refractivity contribution in [2.24, 2.45) is 5.73 Å². The fraction of sp³-hybridized carbons (Fsp3) is 0.300. The lowest BCUT2D eigenvalue weighted by Gasteiger charge is -2.22. The fourth-order valence-corrected chi connectivity index (χ4v) is 1.17. The van der Waals surface area contributed by atoms with Gasteiger partial charge in [-0.3, -0.25) is 4.79 Å². The van der Waals surface area contributed by atoms with Crippen molar-refractivity contribution in [2.45, 2.75) is 12.0 Å². The minimum Gasteiger partial charge on any atom is -0.468 e. The molecule has 6 heteroatoms. The number of carbonyl (C=O) groups is 1. The van der Waals surface area contributed by atoms with Crippen LogP contribution in [0.5, 0.6) is 0 Å². The number of carbonyl (C=O) groups excluding carboxylic acids is 1. The summed E-state index contributed by atoms with van der Waals surface area (Å²) in [7, 11) is 0.930. The Morgan fingerprint density at radius 2 is 2.00 bits per heavy atom. The molecule has 0 bridgehead atoms. The first-order chi connectivity index (χ1) is 7.41. The molecule has 1 rings (SSSR count). The van der Waals surface area contributed by atoms with Crippen molar-refractivity contribution in [2.75, 3.05) is 7.11 Å². The van der Waals surface area contributed by atoms with Crippen LogP contribution >= 0.6 is 0 Å². The SMILES string of the molecule is COC(=O)C(N)C(F)(F)c1ccccc1F. The normalized spacial score (nSPS) is 13.3. The third-order valence-corrected chi connectivity index (χ3v) is 2.08. The van der Waals surface area contributed by atoms with E-state index in [0.29, 0.717) is 0 Å². The maximum absolute atomic E-state index is 13.6. The molecule has 0 heterocycles. The molecule has 2 N–H and O–H groups in total. The van der Waals surface area contributed by atoms with Gasteiger partial charge in [0.15, 0.2) is 6.04 Å². The molecular weight excluding hydrogens is 223 g/mol. The Bertz CT molecular complexity index is 395. The number of rotatable bonds is 3. The number of hydrogen-bond acceptors (Lipinski definition) is 3.